The standard InChI is InChI=1S/C14H30N2/c1-4-9-14(12-15-6-3)16-11-8-7-10-13(16)5-2/h13-15H,4-12H2,1-3H3. The van der Waals surface area contributed by atoms with Gasteiger partial charge >= 0.3 is 0 Å². The lowest BCUT2D eigenvalue weighted by Crippen LogP contribution is -2.50. The predicted molar refractivity (Wildman–Crippen MR) is 71.9 cm³/mol. The maximum atomic E-state index is 3.53. The van der Waals surface area contributed by atoms with E-state index in [0.29, 0.717) is 0 Å². The van der Waals surface area contributed by atoms with Crippen LogP contribution in [-0.4, -0.2) is 36.6 Å². The first-order valence-corrected chi connectivity index (χ1v) is 7.29. The summed E-state index contributed by atoms with van der Waals surface area (Å²) in [5.74, 6) is 0. The molecule has 1 aliphatic rings. The van der Waals surface area contributed by atoms with Gasteiger partial charge in [-0.25, -0.2) is 0 Å². The van der Waals surface area contributed by atoms with E-state index in [2.05, 4.69) is 31.0 Å². The van der Waals surface area contributed by atoms with E-state index in [1.165, 1.54) is 51.6 Å². The zero-order valence-corrected chi connectivity index (χ0v) is 11.5. The van der Waals surface area contributed by atoms with Crippen molar-refractivity contribution in [2.75, 3.05) is 19.6 Å². The molecular formula is C14H30N2. The Morgan fingerprint density at radius 2 is 2.06 bits per heavy atom. The van der Waals surface area contributed by atoms with Gasteiger partial charge in [0.1, 0.15) is 0 Å². The minimum absolute atomic E-state index is 0.773. The molecule has 2 heteroatoms. The van der Waals surface area contributed by atoms with Gasteiger partial charge in [-0.2, -0.15) is 0 Å². The molecule has 1 N–H and O–H groups in total. The van der Waals surface area contributed by atoms with Crippen molar-refractivity contribution in [1.29, 1.82) is 0 Å². The summed E-state index contributed by atoms with van der Waals surface area (Å²) in [7, 11) is 0. The summed E-state index contributed by atoms with van der Waals surface area (Å²) in [6.45, 7) is 10.5. The first-order chi connectivity index (χ1) is 7.83. The lowest BCUT2D eigenvalue weighted by atomic mass is 9.96. The first kappa shape index (κ1) is 14.0. The average Bonchev–Trinajstić information content (AvgIpc) is 2.34. The minimum atomic E-state index is 0.773. The van der Waals surface area contributed by atoms with Crippen LogP contribution in [0.15, 0.2) is 0 Å². The molecule has 1 fully saturated rings. The highest BCUT2D eigenvalue weighted by Crippen LogP contribution is 2.23. The Balaban J connectivity index is 2.51. The Hall–Kier alpha value is -0.0800. The zero-order chi connectivity index (χ0) is 11.8. The maximum absolute atomic E-state index is 3.53. The third-order valence-corrected chi connectivity index (χ3v) is 3.86. The molecule has 0 spiro atoms. The molecule has 2 unspecified atom stereocenters. The van der Waals surface area contributed by atoms with E-state index in [-0.39, 0.29) is 0 Å². The van der Waals surface area contributed by atoms with Crippen molar-refractivity contribution in [3.05, 3.63) is 0 Å². The maximum Gasteiger partial charge on any atom is 0.0223 e. The number of hydrogen-bond donors (Lipinski definition) is 1. The summed E-state index contributed by atoms with van der Waals surface area (Å²) in [6.07, 6.45) is 8.25. The number of nitrogens with one attached hydrogen (secondary N) is 1. The van der Waals surface area contributed by atoms with Crippen LogP contribution < -0.4 is 5.32 Å². The van der Waals surface area contributed by atoms with Crippen LogP contribution in [0.3, 0.4) is 0 Å². The fraction of sp³-hybridized carbons (Fsp3) is 1.00. The summed E-state index contributed by atoms with van der Waals surface area (Å²) in [4.78, 5) is 2.79. The summed E-state index contributed by atoms with van der Waals surface area (Å²) < 4.78 is 0. The molecule has 0 aromatic heterocycles. The summed E-state index contributed by atoms with van der Waals surface area (Å²) in [5.41, 5.74) is 0. The first-order valence-electron chi connectivity index (χ1n) is 7.29. The van der Waals surface area contributed by atoms with E-state index >= 15 is 0 Å². The predicted octanol–water partition coefficient (Wildman–Crippen LogP) is 3.03. The van der Waals surface area contributed by atoms with Crippen LogP contribution in [0.2, 0.25) is 0 Å². The SMILES string of the molecule is CCCC(CNCC)N1CCCCC1CC. The smallest absolute Gasteiger partial charge is 0.0223 e. The van der Waals surface area contributed by atoms with Crippen molar-refractivity contribution in [2.24, 2.45) is 0 Å². The fourth-order valence-electron chi connectivity index (χ4n) is 2.97. The Kier molecular flexibility index (Phi) is 7.06. The van der Waals surface area contributed by atoms with Gasteiger partial charge in [0.05, 0.1) is 0 Å². The second-order valence-electron chi connectivity index (χ2n) is 5.05. The van der Waals surface area contributed by atoms with Crippen molar-refractivity contribution >= 4 is 0 Å². The van der Waals surface area contributed by atoms with Crippen molar-refractivity contribution < 1.29 is 0 Å². The van der Waals surface area contributed by atoms with Crippen molar-refractivity contribution in [2.45, 2.75) is 71.4 Å². The molecule has 2 nitrogen and oxygen atoms in total. The molecule has 0 radical (unpaired) electrons. The summed E-state index contributed by atoms with van der Waals surface area (Å²) in [5, 5.41) is 3.53. The molecule has 0 bridgehead atoms. The molecule has 0 aromatic rings. The van der Waals surface area contributed by atoms with Gasteiger partial charge in [0.25, 0.3) is 0 Å². The van der Waals surface area contributed by atoms with Gasteiger partial charge in [0.15, 0.2) is 0 Å². The zero-order valence-electron chi connectivity index (χ0n) is 11.5. The Bertz CT molecular complexity index is 170. The van der Waals surface area contributed by atoms with Crippen molar-refractivity contribution in [3.63, 3.8) is 0 Å². The van der Waals surface area contributed by atoms with Crippen molar-refractivity contribution in [1.82, 2.24) is 10.2 Å². The highest BCUT2D eigenvalue weighted by molar-refractivity contribution is 4.83. The molecule has 16 heavy (non-hydrogen) atoms. The molecule has 1 aliphatic heterocycles. The molecule has 1 saturated heterocycles. The minimum Gasteiger partial charge on any atom is -0.315 e. The van der Waals surface area contributed by atoms with Crippen LogP contribution in [-0.2, 0) is 0 Å². The topological polar surface area (TPSA) is 15.3 Å². The average molecular weight is 226 g/mol. The Morgan fingerprint density at radius 3 is 2.69 bits per heavy atom. The number of hydrogen-bond acceptors (Lipinski definition) is 2. The normalized spacial score (nSPS) is 24.6. The molecule has 0 aromatic carbocycles. The third-order valence-electron chi connectivity index (χ3n) is 3.86. The number of likely N-dealkylation sites (tertiary alicyclic amines) is 1. The Morgan fingerprint density at radius 1 is 1.25 bits per heavy atom. The van der Waals surface area contributed by atoms with Gasteiger partial charge in [0, 0.05) is 18.6 Å². The fourth-order valence-corrected chi connectivity index (χ4v) is 2.97. The van der Waals surface area contributed by atoms with E-state index in [1.54, 1.807) is 0 Å². The number of likely N-dealkylation sites (N-methyl/N-ethyl adjacent to an activating group) is 1. The molecule has 96 valence electrons. The second kappa shape index (κ2) is 8.08. The van der Waals surface area contributed by atoms with Crippen LogP contribution in [0, 0.1) is 0 Å². The summed E-state index contributed by atoms with van der Waals surface area (Å²) >= 11 is 0. The highest BCUT2D eigenvalue weighted by Gasteiger charge is 2.26. The lowest BCUT2D eigenvalue weighted by molar-refractivity contribution is 0.0855. The van der Waals surface area contributed by atoms with Crippen LogP contribution >= 0.6 is 0 Å². The molecule has 1 heterocycles. The quantitative estimate of drug-likeness (QED) is 0.718. The number of rotatable bonds is 7. The van der Waals surface area contributed by atoms with Gasteiger partial charge in [-0.05, 0) is 38.8 Å². The van der Waals surface area contributed by atoms with E-state index < -0.39 is 0 Å². The van der Waals surface area contributed by atoms with Gasteiger partial charge in [-0.1, -0.05) is 33.6 Å². The van der Waals surface area contributed by atoms with Crippen LogP contribution in [0.5, 0.6) is 0 Å². The molecule has 0 aliphatic carbocycles. The van der Waals surface area contributed by atoms with Gasteiger partial charge in [0.2, 0.25) is 0 Å². The highest BCUT2D eigenvalue weighted by atomic mass is 15.2. The molecule has 0 saturated carbocycles. The Labute approximate surface area is 102 Å². The molecule has 1 rings (SSSR count). The molecular weight excluding hydrogens is 196 g/mol. The second-order valence-corrected chi connectivity index (χ2v) is 5.05. The third kappa shape index (κ3) is 4.06. The van der Waals surface area contributed by atoms with Gasteiger partial charge < -0.3 is 5.32 Å². The lowest BCUT2D eigenvalue weighted by Gasteiger charge is -2.41. The molecule has 0 amide bonds. The van der Waals surface area contributed by atoms with Crippen LogP contribution in [0.1, 0.15) is 59.3 Å². The van der Waals surface area contributed by atoms with E-state index in [9.17, 15) is 0 Å². The van der Waals surface area contributed by atoms with Crippen LogP contribution in [0.25, 0.3) is 0 Å². The van der Waals surface area contributed by atoms with Gasteiger partial charge in [-0.3, -0.25) is 4.90 Å². The number of nitrogens with zero attached hydrogens (tertiary/aromatic N) is 1. The number of piperidine rings is 1. The van der Waals surface area contributed by atoms with Crippen molar-refractivity contribution in [3.8, 4) is 0 Å². The van der Waals surface area contributed by atoms with E-state index in [4.69, 9.17) is 0 Å². The van der Waals surface area contributed by atoms with E-state index in [1.807, 2.05) is 0 Å². The largest absolute Gasteiger partial charge is 0.315 e. The monoisotopic (exact) mass is 226 g/mol. The van der Waals surface area contributed by atoms with Gasteiger partial charge in [-0.15, -0.1) is 0 Å². The van der Waals surface area contributed by atoms with Crippen LogP contribution in [0.4, 0.5) is 0 Å². The molecule has 2 atom stereocenters. The van der Waals surface area contributed by atoms with E-state index in [0.717, 1.165) is 18.6 Å². The summed E-state index contributed by atoms with van der Waals surface area (Å²) in [6, 6.07) is 1.62.